The molecule has 2 atom stereocenters. The first-order valence-electron chi connectivity index (χ1n) is 8.66. The molecule has 0 N–H and O–H groups in total. The van der Waals surface area contributed by atoms with E-state index in [0.717, 1.165) is 37.4 Å². The molecule has 0 aliphatic carbocycles. The van der Waals surface area contributed by atoms with Gasteiger partial charge in [-0.1, -0.05) is 0 Å². The lowest BCUT2D eigenvalue weighted by Crippen LogP contribution is -2.33. The van der Waals surface area contributed by atoms with Gasteiger partial charge in [0.1, 0.15) is 20.2 Å². The van der Waals surface area contributed by atoms with Crippen molar-refractivity contribution in [1.29, 1.82) is 0 Å². The smallest absolute Gasteiger partial charge is 0.123 e. The molecular weight excluding hydrogens is 376 g/mol. The van der Waals surface area contributed by atoms with Crippen LogP contribution in [0.2, 0.25) is 0 Å². The average Bonchev–Trinajstić information content (AvgIpc) is 2.70. The Labute approximate surface area is 160 Å². The van der Waals surface area contributed by atoms with Crippen LogP contribution in [0.3, 0.4) is 0 Å². The molecule has 0 radical (unpaired) electrons. The SMILES string of the molecule is C1CN=C(C2=NC(C3CCSC(C4=NCCCS4)=N3)CCS2)SC1. The molecule has 0 aromatic carbocycles. The van der Waals surface area contributed by atoms with Gasteiger partial charge in [0.15, 0.2) is 0 Å². The Hall–Kier alpha value is 0.0800. The van der Waals surface area contributed by atoms with Crippen molar-refractivity contribution in [3.05, 3.63) is 0 Å². The van der Waals surface area contributed by atoms with Gasteiger partial charge in [-0.25, -0.2) is 0 Å². The summed E-state index contributed by atoms with van der Waals surface area (Å²) in [7, 11) is 0. The molecule has 2 unspecified atom stereocenters. The van der Waals surface area contributed by atoms with Crippen molar-refractivity contribution in [3.63, 3.8) is 0 Å². The molecule has 0 saturated heterocycles. The average molecular weight is 399 g/mol. The summed E-state index contributed by atoms with van der Waals surface area (Å²) in [6.07, 6.45) is 4.67. The summed E-state index contributed by atoms with van der Waals surface area (Å²) >= 11 is 7.52. The Morgan fingerprint density at radius 2 is 1.04 bits per heavy atom. The summed E-state index contributed by atoms with van der Waals surface area (Å²) in [4.78, 5) is 19.5. The lowest BCUT2D eigenvalue weighted by molar-refractivity contribution is 0.509. The van der Waals surface area contributed by atoms with Crippen molar-refractivity contribution in [2.24, 2.45) is 20.0 Å². The summed E-state index contributed by atoms with van der Waals surface area (Å²) in [6, 6.07) is 0.660. The zero-order valence-electron chi connectivity index (χ0n) is 13.6. The molecule has 130 valence electrons. The van der Waals surface area contributed by atoms with Gasteiger partial charge >= 0.3 is 0 Å². The fourth-order valence-corrected chi connectivity index (χ4v) is 7.29. The van der Waals surface area contributed by atoms with Crippen molar-refractivity contribution >= 4 is 67.2 Å². The summed E-state index contributed by atoms with van der Waals surface area (Å²) in [5.74, 6) is 4.66. The van der Waals surface area contributed by atoms with E-state index >= 15 is 0 Å². The molecule has 0 aromatic rings. The molecule has 4 aliphatic rings. The Balaban J connectivity index is 1.51. The van der Waals surface area contributed by atoms with Crippen LogP contribution < -0.4 is 0 Å². The molecule has 8 heteroatoms. The fraction of sp³-hybridized carbons (Fsp3) is 0.750. The van der Waals surface area contributed by atoms with Crippen LogP contribution in [-0.2, 0) is 0 Å². The van der Waals surface area contributed by atoms with E-state index in [9.17, 15) is 0 Å². The van der Waals surface area contributed by atoms with Crippen molar-refractivity contribution in [2.45, 2.75) is 37.8 Å². The van der Waals surface area contributed by atoms with Gasteiger partial charge in [-0.05, 0) is 25.7 Å². The van der Waals surface area contributed by atoms with Gasteiger partial charge in [0.05, 0.1) is 12.1 Å². The highest BCUT2D eigenvalue weighted by Crippen LogP contribution is 2.31. The normalized spacial score (nSPS) is 31.7. The summed E-state index contributed by atoms with van der Waals surface area (Å²) in [5, 5.41) is 4.71. The van der Waals surface area contributed by atoms with E-state index in [2.05, 4.69) is 9.98 Å². The molecule has 0 bridgehead atoms. The summed E-state index contributed by atoms with van der Waals surface area (Å²) in [6.45, 7) is 1.93. The third kappa shape index (κ3) is 4.24. The number of aliphatic imine (C=N–C) groups is 4. The zero-order valence-corrected chi connectivity index (χ0v) is 16.9. The van der Waals surface area contributed by atoms with E-state index in [1.54, 1.807) is 0 Å². The number of hydrogen-bond donors (Lipinski definition) is 0. The van der Waals surface area contributed by atoms with E-state index in [-0.39, 0.29) is 0 Å². The number of rotatable bonds is 3. The lowest BCUT2D eigenvalue weighted by atomic mass is 10.0. The van der Waals surface area contributed by atoms with Gasteiger partial charge in [-0.2, -0.15) is 0 Å². The Morgan fingerprint density at radius 1 is 0.583 bits per heavy atom. The molecule has 24 heavy (non-hydrogen) atoms. The van der Waals surface area contributed by atoms with Crippen molar-refractivity contribution in [2.75, 3.05) is 36.1 Å². The van der Waals surface area contributed by atoms with E-state index in [4.69, 9.17) is 9.98 Å². The first kappa shape index (κ1) is 17.5. The number of hydrogen-bond acceptors (Lipinski definition) is 8. The highest BCUT2D eigenvalue weighted by Gasteiger charge is 2.30. The first-order valence-corrected chi connectivity index (χ1v) is 12.6. The third-order valence-corrected chi connectivity index (χ3v) is 8.73. The highest BCUT2D eigenvalue weighted by molar-refractivity contribution is 8.25. The largest absolute Gasteiger partial charge is 0.276 e. The molecule has 4 rings (SSSR count). The zero-order chi connectivity index (χ0) is 16.2. The van der Waals surface area contributed by atoms with Crippen LogP contribution in [0.25, 0.3) is 0 Å². The molecular formula is C16H22N4S4. The van der Waals surface area contributed by atoms with Crippen LogP contribution >= 0.6 is 47.0 Å². The molecule has 4 nitrogen and oxygen atoms in total. The molecule has 4 heterocycles. The fourth-order valence-electron chi connectivity index (χ4n) is 3.03. The first-order chi connectivity index (χ1) is 11.9. The molecule has 0 spiro atoms. The minimum Gasteiger partial charge on any atom is -0.276 e. The van der Waals surface area contributed by atoms with E-state index < -0.39 is 0 Å². The second kappa shape index (κ2) is 8.64. The predicted molar refractivity (Wildman–Crippen MR) is 115 cm³/mol. The monoisotopic (exact) mass is 398 g/mol. The third-order valence-electron chi connectivity index (χ3n) is 4.27. The van der Waals surface area contributed by atoms with Crippen LogP contribution in [-0.4, -0.2) is 68.4 Å². The number of thioether (sulfide) groups is 4. The van der Waals surface area contributed by atoms with Crippen molar-refractivity contribution in [3.8, 4) is 0 Å². The topological polar surface area (TPSA) is 49.4 Å². The molecule has 0 amide bonds. The number of nitrogens with zero attached hydrogens (tertiary/aromatic N) is 4. The van der Waals surface area contributed by atoms with E-state index in [1.807, 2.05) is 47.0 Å². The van der Waals surface area contributed by atoms with Crippen LogP contribution in [0.5, 0.6) is 0 Å². The maximum Gasteiger partial charge on any atom is 0.123 e. The highest BCUT2D eigenvalue weighted by atomic mass is 32.2. The second-order valence-electron chi connectivity index (χ2n) is 6.06. The van der Waals surface area contributed by atoms with Crippen LogP contribution in [0.4, 0.5) is 0 Å². The van der Waals surface area contributed by atoms with Gasteiger partial charge in [-0.15, -0.1) is 47.0 Å². The van der Waals surface area contributed by atoms with Crippen LogP contribution in [0, 0.1) is 0 Å². The van der Waals surface area contributed by atoms with Gasteiger partial charge in [-0.3, -0.25) is 20.0 Å². The van der Waals surface area contributed by atoms with E-state index in [0.29, 0.717) is 12.1 Å². The van der Waals surface area contributed by atoms with Crippen molar-refractivity contribution < 1.29 is 0 Å². The Kier molecular flexibility index (Phi) is 6.30. The van der Waals surface area contributed by atoms with Gasteiger partial charge < -0.3 is 0 Å². The Morgan fingerprint density at radius 3 is 1.46 bits per heavy atom. The van der Waals surface area contributed by atoms with Crippen LogP contribution in [0.1, 0.15) is 25.7 Å². The predicted octanol–water partition coefficient (Wildman–Crippen LogP) is 3.87. The maximum absolute atomic E-state index is 5.07. The summed E-state index contributed by atoms with van der Waals surface area (Å²) < 4.78 is 0. The van der Waals surface area contributed by atoms with E-state index in [1.165, 1.54) is 44.5 Å². The van der Waals surface area contributed by atoms with Crippen molar-refractivity contribution in [1.82, 2.24) is 0 Å². The molecule has 0 saturated carbocycles. The standard InChI is InChI=1S/C16H22N4S4/c1-5-17-13(21-7-1)15-19-11(3-9-23-15)12-4-10-24-16(20-12)14-18-6-2-8-22-14/h11-12H,1-10H2. The van der Waals surface area contributed by atoms with Gasteiger partial charge in [0.2, 0.25) is 0 Å². The maximum atomic E-state index is 5.07. The van der Waals surface area contributed by atoms with Crippen LogP contribution in [0.15, 0.2) is 20.0 Å². The molecule has 0 aromatic heterocycles. The van der Waals surface area contributed by atoms with Gasteiger partial charge in [0.25, 0.3) is 0 Å². The molecule has 4 aliphatic heterocycles. The summed E-state index contributed by atoms with van der Waals surface area (Å²) in [5.41, 5.74) is 0. The minimum absolute atomic E-state index is 0.330. The Bertz CT molecular complexity index is 547. The minimum atomic E-state index is 0.330. The second-order valence-corrected chi connectivity index (χ2v) is 10.4. The lowest BCUT2D eigenvalue weighted by Gasteiger charge is -2.29. The molecule has 0 fully saturated rings. The van der Waals surface area contributed by atoms with Gasteiger partial charge in [0, 0.05) is 36.1 Å². The quantitative estimate of drug-likeness (QED) is 0.724.